The smallest absolute Gasteiger partial charge is 0.250 e. The van der Waals surface area contributed by atoms with Crippen molar-refractivity contribution in [1.29, 1.82) is 0 Å². The minimum Gasteiger partial charge on any atom is -0.366 e. The summed E-state index contributed by atoms with van der Waals surface area (Å²) in [6, 6.07) is 6.45. The molecule has 0 aliphatic carbocycles. The van der Waals surface area contributed by atoms with Gasteiger partial charge in [-0.15, -0.1) is 0 Å². The number of nitrogens with two attached hydrogens (primary N) is 1. The molecule has 1 fully saturated rings. The normalized spacial score (nSPS) is 24.1. The van der Waals surface area contributed by atoms with E-state index >= 15 is 0 Å². The Morgan fingerprint density at radius 2 is 2.22 bits per heavy atom. The van der Waals surface area contributed by atoms with Crippen molar-refractivity contribution in [2.24, 2.45) is 5.73 Å². The summed E-state index contributed by atoms with van der Waals surface area (Å²) in [6.07, 6.45) is 0. The minimum absolute atomic E-state index is 0.348. The van der Waals surface area contributed by atoms with E-state index < -0.39 is 0 Å². The topological polar surface area (TPSA) is 58.4 Å². The standard InChI is InChI=1S/C13H18BrN3O/c1-8-7-17(9(2)6-16-8)12-4-3-10(14)5-11(12)13(15)18/h3-5,8-9,16H,6-7H2,1-2H3,(H2,15,18). The van der Waals surface area contributed by atoms with Gasteiger partial charge in [-0.2, -0.15) is 0 Å². The zero-order chi connectivity index (χ0) is 13.3. The fourth-order valence-electron chi connectivity index (χ4n) is 2.31. The maximum absolute atomic E-state index is 11.6. The number of nitrogens with one attached hydrogen (secondary N) is 1. The second-order valence-electron chi connectivity index (χ2n) is 4.84. The summed E-state index contributed by atoms with van der Waals surface area (Å²) in [6.45, 7) is 6.08. The number of primary amides is 1. The molecule has 0 spiro atoms. The van der Waals surface area contributed by atoms with Crippen LogP contribution in [0.1, 0.15) is 24.2 Å². The second kappa shape index (κ2) is 5.28. The first-order valence-electron chi connectivity index (χ1n) is 6.08. The van der Waals surface area contributed by atoms with Crippen molar-refractivity contribution in [3.8, 4) is 0 Å². The molecule has 5 heteroatoms. The Bertz CT molecular complexity index is 464. The number of hydrogen-bond acceptors (Lipinski definition) is 3. The van der Waals surface area contributed by atoms with Crippen LogP contribution < -0.4 is 16.0 Å². The van der Waals surface area contributed by atoms with Crippen molar-refractivity contribution in [3.63, 3.8) is 0 Å². The number of nitrogens with zero attached hydrogens (tertiary/aromatic N) is 1. The average molecular weight is 312 g/mol. The molecule has 0 bridgehead atoms. The van der Waals surface area contributed by atoms with E-state index in [9.17, 15) is 4.79 Å². The maximum Gasteiger partial charge on any atom is 0.250 e. The predicted molar refractivity (Wildman–Crippen MR) is 76.9 cm³/mol. The Kier molecular flexibility index (Phi) is 3.92. The number of halogens is 1. The van der Waals surface area contributed by atoms with Crippen LogP contribution in [0.5, 0.6) is 0 Å². The number of benzene rings is 1. The summed E-state index contributed by atoms with van der Waals surface area (Å²) in [5.74, 6) is -0.385. The van der Waals surface area contributed by atoms with E-state index in [0.717, 1.165) is 23.2 Å². The third-order valence-corrected chi connectivity index (χ3v) is 3.79. The van der Waals surface area contributed by atoms with Crippen LogP contribution in [0.25, 0.3) is 0 Å². The zero-order valence-electron chi connectivity index (χ0n) is 10.6. The predicted octanol–water partition coefficient (Wildman–Crippen LogP) is 1.73. The summed E-state index contributed by atoms with van der Waals surface area (Å²) in [5, 5.41) is 3.42. The molecule has 0 aromatic heterocycles. The van der Waals surface area contributed by atoms with Crippen LogP contribution in [0, 0.1) is 0 Å². The van der Waals surface area contributed by atoms with Gasteiger partial charge in [0.25, 0.3) is 5.91 Å². The molecule has 1 aliphatic heterocycles. The average Bonchev–Trinajstić information content (AvgIpc) is 2.32. The van der Waals surface area contributed by atoms with E-state index in [4.69, 9.17) is 5.73 Å². The number of carbonyl (C=O) groups is 1. The van der Waals surface area contributed by atoms with Gasteiger partial charge in [-0.05, 0) is 32.0 Å². The van der Waals surface area contributed by atoms with Gasteiger partial charge in [0.1, 0.15) is 0 Å². The molecule has 1 heterocycles. The van der Waals surface area contributed by atoms with Gasteiger partial charge in [0.05, 0.1) is 5.56 Å². The van der Waals surface area contributed by atoms with Gasteiger partial charge in [0, 0.05) is 35.3 Å². The molecular weight excluding hydrogens is 294 g/mol. The molecule has 18 heavy (non-hydrogen) atoms. The first-order chi connectivity index (χ1) is 8.49. The Morgan fingerprint density at radius 3 is 2.89 bits per heavy atom. The van der Waals surface area contributed by atoms with E-state index in [-0.39, 0.29) is 5.91 Å². The van der Waals surface area contributed by atoms with Gasteiger partial charge in [-0.1, -0.05) is 15.9 Å². The highest BCUT2D eigenvalue weighted by Gasteiger charge is 2.25. The van der Waals surface area contributed by atoms with E-state index in [2.05, 4.69) is 40.0 Å². The molecule has 1 saturated heterocycles. The lowest BCUT2D eigenvalue weighted by Gasteiger charge is -2.40. The summed E-state index contributed by atoms with van der Waals surface area (Å²) in [5.41, 5.74) is 6.97. The van der Waals surface area contributed by atoms with Crippen LogP contribution in [-0.2, 0) is 0 Å². The van der Waals surface area contributed by atoms with Gasteiger partial charge >= 0.3 is 0 Å². The number of hydrogen-bond donors (Lipinski definition) is 2. The zero-order valence-corrected chi connectivity index (χ0v) is 12.2. The van der Waals surface area contributed by atoms with Crippen LogP contribution >= 0.6 is 15.9 Å². The number of anilines is 1. The quantitative estimate of drug-likeness (QED) is 0.874. The Morgan fingerprint density at radius 1 is 1.50 bits per heavy atom. The molecule has 4 nitrogen and oxygen atoms in total. The van der Waals surface area contributed by atoms with E-state index in [1.54, 1.807) is 6.07 Å². The van der Waals surface area contributed by atoms with Crippen molar-refractivity contribution in [3.05, 3.63) is 28.2 Å². The molecule has 3 N–H and O–H groups in total. The monoisotopic (exact) mass is 311 g/mol. The van der Waals surface area contributed by atoms with Gasteiger partial charge in [-0.3, -0.25) is 4.79 Å². The Balaban J connectivity index is 2.40. The highest BCUT2D eigenvalue weighted by atomic mass is 79.9. The van der Waals surface area contributed by atoms with E-state index in [1.165, 1.54) is 0 Å². The van der Waals surface area contributed by atoms with Crippen molar-refractivity contribution in [2.75, 3.05) is 18.0 Å². The van der Waals surface area contributed by atoms with Crippen LogP contribution in [-0.4, -0.2) is 31.1 Å². The number of rotatable bonds is 2. The maximum atomic E-state index is 11.6. The van der Waals surface area contributed by atoms with Crippen LogP contribution in [0.3, 0.4) is 0 Å². The summed E-state index contributed by atoms with van der Waals surface area (Å²) in [4.78, 5) is 13.8. The van der Waals surface area contributed by atoms with Crippen molar-refractivity contribution in [1.82, 2.24) is 5.32 Å². The highest BCUT2D eigenvalue weighted by molar-refractivity contribution is 9.10. The molecule has 2 rings (SSSR count). The second-order valence-corrected chi connectivity index (χ2v) is 5.75. The lowest BCUT2D eigenvalue weighted by molar-refractivity contribution is 0.100. The van der Waals surface area contributed by atoms with Crippen LogP contribution in [0.2, 0.25) is 0 Å². The molecule has 0 radical (unpaired) electrons. The van der Waals surface area contributed by atoms with Crippen molar-refractivity contribution < 1.29 is 4.79 Å². The van der Waals surface area contributed by atoms with Crippen LogP contribution in [0.15, 0.2) is 22.7 Å². The largest absolute Gasteiger partial charge is 0.366 e. The van der Waals surface area contributed by atoms with Crippen molar-refractivity contribution >= 4 is 27.5 Å². The number of piperazine rings is 1. The Hall–Kier alpha value is -1.07. The summed E-state index contributed by atoms with van der Waals surface area (Å²) < 4.78 is 0.871. The lowest BCUT2D eigenvalue weighted by atomic mass is 10.1. The van der Waals surface area contributed by atoms with E-state index in [0.29, 0.717) is 17.6 Å². The fraction of sp³-hybridized carbons (Fsp3) is 0.462. The number of carbonyl (C=O) groups excluding carboxylic acids is 1. The Labute approximate surface area is 116 Å². The first kappa shape index (κ1) is 13.4. The molecule has 0 saturated carbocycles. The first-order valence-corrected chi connectivity index (χ1v) is 6.87. The van der Waals surface area contributed by atoms with Gasteiger partial charge in [0.15, 0.2) is 0 Å². The lowest BCUT2D eigenvalue weighted by Crippen LogP contribution is -2.54. The van der Waals surface area contributed by atoms with Gasteiger partial charge in [0.2, 0.25) is 0 Å². The molecule has 1 amide bonds. The highest BCUT2D eigenvalue weighted by Crippen LogP contribution is 2.27. The molecule has 2 atom stereocenters. The van der Waals surface area contributed by atoms with Crippen LogP contribution in [0.4, 0.5) is 5.69 Å². The van der Waals surface area contributed by atoms with Crippen molar-refractivity contribution in [2.45, 2.75) is 25.9 Å². The minimum atomic E-state index is -0.385. The summed E-state index contributed by atoms with van der Waals surface area (Å²) >= 11 is 3.38. The van der Waals surface area contributed by atoms with Gasteiger partial charge in [-0.25, -0.2) is 0 Å². The molecule has 1 aromatic rings. The molecule has 98 valence electrons. The third-order valence-electron chi connectivity index (χ3n) is 3.30. The molecule has 1 aromatic carbocycles. The fourth-order valence-corrected chi connectivity index (χ4v) is 2.67. The summed E-state index contributed by atoms with van der Waals surface area (Å²) in [7, 11) is 0. The molecule has 2 unspecified atom stereocenters. The SMILES string of the molecule is CC1CN(c2ccc(Br)cc2C(N)=O)C(C)CN1. The number of amides is 1. The van der Waals surface area contributed by atoms with Gasteiger partial charge < -0.3 is 16.0 Å². The molecule has 1 aliphatic rings. The van der Waals surface area contributed by atoms with E-state index in [1.807, 2.05) is 12.1 Å². The molecular formula is C13H18BrN3O. The third kappa shape index (κ3) is 2.67.